The Bertz CT molecular complexity index is 849. The van der Waals surface area contributed by atoms with Crippen LogP contribution < -0.4 is 16.0 Å². The van der Waals surface area contributed by atoms with Crippen molar-refractivity contribution < 1.29 is 23.9 Å². The quantitative estimate of drug-likeness (QED) is 0.335. The van der Waals surface area contributed by atoms with E-state index >= 15 is 0 Å². The van der Waals surface area contributed by atoms with Gasteiger partial charge >= 0.3 is 5.97 Å². The molecule has 3 unspecified atom stereocenters. The fraction of sp³-hybridized carbons (Fsp3) is 0.455. The van der Waals surface area contributed by atoms with Gasteiger partial charge in [-0.25, -0.2) is 0 Å². The van der Waals surface area contributed by atoms with E-state index in [0.717, 1.165) is 17.7 Å². The van der Waals surface area contributed by atoms with Gasteiger partial charge in [-0.05, 0) is 18.1 Å². The molecule has 1 saturated heterocycles. The number of carbonyl (C=O) groups is 4. The average molecular weight is 478 g/mol. The van der Waals surface area contributed by atoms with Crippen LogP contribution in [0.25, 0.3) is 0 Å². The summed E-state index contributed by atoms with van der Waals surface area (Å²) in [5.41, 5.74) is 0.876. The topological polar surface area (TPSA) is 114 Å². The maximum atomic E-state index is 13.1. The molecule has 0 radical (unpaired) electrons. The molecule has 172 valence electrons. The zero-order chi connectivity index (χ0) is 22.8. The summed E-state index contributed by atoms with van der Waals surface area (Å²) < 4.78 is 5.45. The van der Waals surface area contributed by atoms with Crippen LogP contribution in [0.1, 0.15) is 24.8 Å². The number of hydrogen-bond donors (Lipinski definition) is 3. The number of amides is 3. The molecule has 10 heteroatoms. The number of ether oxygens (including phenoxy) is 1. The van der Waals surface area contributed by atoms with E-state index in [9.17, 15) is 19.2 Å². The minimum absolute atomic E-state index is 0.0170. The number of hydrogen-bond acceptors (Lipinski definition) is 7. The van der Waals surface area contributed by atoms with Gasteiger partial charge in [0.2, 0.25) is 17.7 Å². The van der Waals surface area contributed by atoms with Gasteiger partial charge in [0.1, 0.15) is 18.2 Å². The number of carbonyl (C=O) groups excluding carboxylic acids is 4. The van der Waals surface area contributed by atoms with Gasteiger partial charge in [-0.15, -0.1) is 0 Å². The minimum atomic E-state index is -0.869. The summed E-state index contributed by atoms with van der Waals surface area (Å²) in [4.78, 5) is 50.8. The Balaban J connectivity index is 1.89. The third-order valence-corrected chi connectivity index (χ3v) is 7.35. The lowest BCUT2D eigenvalue weighted by Crippen LogP contribution is -2.55. The Kier molecular flexibility index (Phi) is 9.48. The van der Waals surface area contributed by atoms with Crippen LogP contribution in [0.2, 0.25) is 0 Å². The standard InChI is InChI=1S/C22H27N3O5S2/c26-19-13-16-8-4-5-11-31-32-14-18(21(28)23-10-9-20(27)30-16)25-22(29)17(24-19)12-15-6-2-1-3-7-15/h1-4,6-8,16-18H,5,9-14H2,(H,23,28)(H,24,26)(H,25,29)/b8-4+. The van der Waals surface area contributed by atoms with Crippen molar-refractivity contribution in [1.29, 1.82) is 0 Å². The van der Waals surface area contributed by atoms with E-state index in [1.807, 2.05) is 36.4 Å². The van der Waals surface area contributed by atoms with Gasteiger partial charge in [-0.3, -0.25) is 19.2 Å². The lowest BCUT2D eigenvalue weighted by molar-refractivity contribution is -0.148. The van der Waals surface area contributed by atoms with Crippen LogP contribution >= 0.6 is 21.6 Å². The predicted molar refractivity (Wildman–Crippen MR) is 125 cm³/mol. The second-order valence-electron chi connectivity index (χ2n) is 7.47. The van der Waals surface area contributed by atoms with Gasteiger partial charge in [-0.1, -0.05) is 58.0 Å². The van der Waals surface area contributed by atoms with Crippen molar-refractivity contribution in [1.82, 2.24) is 16.0 Å². The lowest BCUT2D eigenvalue weighted by Gasteiger charge is -2.24. The highest BCUT2D eigenvalue weighted by atomic mass is 33.1. The van der Waals surface area contributed by atoms with Crippen molar-refractivity contribution >= 4 is 45.3 Å². The van der Waals surface area contributed by atoms with E-state index in [0.29, 0.717) is 5.75 Å². The van der Waals surface area contributed by atoms with Gasteiger partial charge in [0.15, 0.2) is 0 Å². The first-order valence-corrected chi connectivity index (χ1v) is 13.0. The molecule has 1 fully saturated rings. The molecule has 0 aliphatic carbocycles. The van der Waals surface area contributed by atoms with Gasteiger partial charge < -0.3 is 20.7 Å². The SMILES string of the molecule is O=C1CC2/C=C/CCSSCC(NC(=O)C(Cc3ccccc3)N1)C(=O)NCCC(=O)O2. The van der Waals surface area contributed by atoms with E-state index in [1.165, 1.54) is 10.8 Å². The first-order valence-electron chi connectivity index (χ1n) is 10.5. The normalized spacial score (nSPS) is 27.1. The fourth-order valence-electron chi connectivity index (χ4n) is 3.28. The fourth-order valence-corrected chi connectivity index (χ4v) is 5.43. The maximum absolute atomic E-state index is 13.1. The molecule has 3 aliphatic rings. The summed E-state index contributed by atoms with van der Waals surface area (Å²) in [6.07, 6.45) is 3.77. The third-order valence-electron chi connectivity index (χ3n) is 4.90. The van der Waals surface area contributed by atoms with Crippen LogP contribution in [0.5, 0.6) is 0 Å². The summed E-state index contributed by atoms with van der Waals surface area (Å²) in [5, 5.41) is 8.26. The highest BCUT2D eigenvalue weighted by Gasteiger charge is 2.29. The molecule has 3 amide bonds. The van der Waals surface area contributed by atoms with E-state index in [-0.39, 0.29) is 31.7 Å². The Morgan fingerprint density at radius 2 is 1.81 bits per heavy atom. The monoisotopic (exact) mass is 477 g/mol. The molecule has 1 aromatic rings. The Hall–Kier alpha value is -2.46. The summed E-state index contributed by atoms with van der Waals surface area (Å²) in [6.45, 7) is 0.0952. The van der Waals surface area contributed by atoms with Crippen LogP contribution in [0.3, 0.4) is 0 Å². The first kappa shape index (κ1) is 24.2. The van der Waals surface area contributed by atoms with Crippen molar-refractivity contribution in [3.8, 4) is 0 Å². The van der Waals surface area contributed by atoms with Gasteiger partial charge in [0, 0.05) is 24.5 Å². The smallest absolute Gasteiger partial charge is 0.308 e. The third kappa shape index (κ3) is 7.90. The summed E-state index contributed by atoms with van der Waals surface area (Å²) in [6, 6.07) is 7.68. The molecule has 2 bridgehead atoms. The van der Waals surface area contributed by atoms with Gasteiger partial charge in [0.05, 0.1) is 12.8 Å². The molecular weight excluding hydrogens is 450 g/mol. The average Bonchev–Trinajstić information content (AvgIpc) is 2.77. The van der Waals surface area contributed by atoms with Gasteiger partial charge in [-0.2, -0.15) is 0 Å². The van der Waals surface area contributed by atoms with Crippen molar-refractivity contribution in [2.75, 3.05) is 18.1 Å². The molecule has 0 spiro atoms. The van der Waals surface area contributed by atoms with E-state index in [1.54, 1.807) is 16.9 Å². The van der Waals surface area contributed by atoms with E-state index in [2.05, 4.69) is 16.0 Å². The Labute approximate surface area is 195 Å². The Morgan fingerprint density at radius 1 is 1.00 bits per heavy atom. The molecule has 32 heavy (non-hydrogen) atoms. The van der Waals surface area contributed by atoms with Crippen molar-refractivity contribution in [2.24, 2.45) is 0 Å². The van der Waals surface area contributed by atoms with E-state index < -0.39 is 36.0 Å². The number of allylic oxidation sites excluding steroid dienone is 1. The number of rotatable bonds is 2. The molecule has 8 nitrogen and oxygen atoms in total. The van der Waals surface area contributed by atoms with Crippen molar-refractivity contribution in [2.45, 2.75) is 43.9 Å². The largest absolute Gasteiger partial charge is 0.458 e. The van der Waals surface area contributed by atoms with Crippen LogP contribution in [0, 0.1) is 0 Å². The summed E-state index contributed by atoms with van der Waals surface area (Å²) in [7, 11) is 3.10. The molecule has 3 N–H and O–H groups in total. The minimum Gasteiger partial charge on any atom is -0.458 e. The summed E-state index contributed by atoms with van der Waals surface area (Å²) >= 11 is 0. The molecular formula is C22H27N3O5S2. The van der Waals surface area contributed by atoms with Crippen LogP contribution in [0.4, 0.5) is 0 Å². The first-order chi connectivity index (χ1) is 15.5. The number of esters is 1. The zero-order valence-electron chi connectivity index (χ0n) is 17.6. The highest BCUT2D eigenvalue weighted by Crippen LogP contribution is 2.23. The number of nitrogens with one attached hydrogen (secondary N) is 3. The second-order valence-corrected chi connectivity index (χ2v) is 10.1. The maximum Gasteiger partial charge on any atom is 0.308 e. The van der Waals surface area contributed by atoms with Crippen LogP contribution in [-0.2, 0) is 30.3 Å². The lowest BCUT2D eigenvalue weighted by atomic mass is 10.0. The number of benzene rings is 1. The molecule has 3 heterocycles. The van der Waals surface area contributed by atoms with Gasteiger partial charge in [0.25, 0.3) is 0 Å². The predicted octanol–water partition coefficient (Wildman–Crippen LogP) is 1.36. The molecule has 3 aliphatic heterocycles. The number of fused-ring (bicyclic) bond motifs is 15. The second kappa shape index (κ2) is 12.5. The highest BCUT2D eigenvalue weighted by molar-refractivity contribution is 8.76. The Morgan fingerprint density at radius 3 is 2.62 bits per heavy atom. The molecule has 0 saturated carbocycles. The van der Waals surface area contributed by atoms with Crippen molar-refractivity contribution in [3.05, 3.63) is 48.0 Å². The van der Waals surface area contributed by atoms with Crippen LogP contribution in [-0.4, -0.2) is 59.9 Å². The van der Waals surface area contributed by atoms with Crippen molar-refractivity contribution in [3.63, 3.8) is 0 Å². The van der Waals surface area contributed by atoms with E-state index in [4.69, 9.17) is 4.74 Å². The molecule has 4 rings (SSSR count). The zero-order valence-corrected chi connectivity index (χ0v) is 19.2. The molecule has 3 atom stereocenters. The summed E-state index contributed by atoms with van der Waals surface area (Å²) in [5.74, 6) is -0.544. The van der Waals surface area contributed by atoms with Crippen LogP contribution in [0.15, 0.2) is 42.5 Å². The molecule has 0 aromatic heterocycles. The molecule has 1 aromatic carbocycles.